The van der Waals surface area contributed by atoms with Gasteiger partial charge in [0.25, 0.3) is 0 Å². The van der Waals surface area contributed by atoms with Crippen molar-refractivity contribution in [1.82, 2.24) is 4.98 Å². The number of thiazole rings is 1. The third-order valence-corrected chi connectivity index (χ3v) is 13.7. The Bertz CT molecular complexity index is 2230. The lowest BCUT2D eigenvalue weighted by molar-refractivity contribution is -0.145. The molecule has 0 unspecified atom stereocenters. The molecule has 2 saturated carbocycles. The van der Waals surface area contributed by atoms with E-state index in [9.17, 15) is 28.8 Å². The van der Waals surface area contributed by atoms with Gasteiger partial charge in [0.1, 0.15) is 33.2 Å². The fourth-order valence-electron chi connectivity index (χ4n) is 8.64. The van der Waals surface area contributed by atoms with Crippen molar-refractivity contribution in [2.75, 3.05) is 26.4 Å². The summed E-state index contributed by atoms with van der Waals surface area (Å²) >= 11 is 1.35. The highest BCUT2D eigenvalue weighted by Crippen LogP contribution is 2.40. The topological polar surface area (TPSA) is 180 Å². The van der Waals surface area contributed by atoms with Gasteiger partial charge in [-0.3, -0.25) is 19.2 Å². The standard InChI is InChI=1S/C55H65NO13S/c1-4-49(58)65-34-12-8-6-10-32-63-43-24-14-38(15-25-43)36-46(57)39-16-18-41(19-17-39)55(62)69-48-31-30-47(51-52(48)70-37(3)56-51)68-54(61)42-22-20-40(21-23-42)53(60)67-45-28-26-44(27-29-45)64-33-11-7-9-13-35-66-50(59)5-2/h4-5,14-15,24-31,39-42H,1-2,6-13,16-23,32-36H2,3H3. The molecule has 6 rings (SSSR count). The molecule has 0 amide bonds. The molecular formula is C55H65NO13S. The maximum absolute atomic E-state index is 13.5. The Balaban J connectivity index is 0.873. The first-order chi connectivity index (χ1) is 34.0. The Hall–Kier alpha value is -6.35. The van der Waals surface area contributed by atoms with Gasteiger partial charge in [0.15, 0.2) is 11.5 Å². The normalized spacial score (nSPS) is 17.7. The molecule has 374 valence electrons. The molecule has 1 heterocycles. The van der Waals surface area contributed by atoms with Crippen LogP contribution in [0.1, 0.15) is 113 Å². The minimum Gasteiger partial charge on any atom is -0.494 e. The Morgan fingerprint density at radius 2 is 0.943 bits per heavy atom. The number of aromatic nitrogens is 1. The van der Waals surface area contributed by atoms with Gasteiger partial charge in [-0.2, -0.15) is 0 Å². The average molecular weight is 980 g/mol. The van der Waals surface area contributed by atoms with Crippen LogP contribution >= 0.6 is 11.3 Å². The van der Waals surface area contributed by atoms with Crippen LogP contribution in [-0.2, 0) is 44.7 Å². The molecule has 0 spiro atoms. The first-order valence-electron chi connectivity index (χ1n) is 24.6. The summed E-state index contributed by atoms with van der Waals surface area (Å²) in [6.07, 6.45) is 14.0. The predicted molar refractivity (Wildman–Crippen MR) is 264 cm³/mol. The molecule has 1 aromatic heterocycles. The quantitative estimate of drug-likeness (QED) is 0.0238. The van der Waals surface area contributed by atoms with Crippen LogP contribution in [0.25, 0.3) is 10.2 Å². The SMILES string of the molecule is C=CC(=O)OCCCCCCOc1ccc(CC(=O)C2CCC(C(=O)Oc3ccc(OC(=O)C4CCC(C(=O)Oc5ccc(OCCCCCCOC(=O)C=C)cc5)CC4)c4nc(C)sc34)CC2)cc1. The van der Waals surface area contributed by atoms with Crippen LogP contribution in [0.4, 0.5) is 0 Å². The Kier molecular flexibility index (Phi) is 21.0. The van der Waals surface area contributed by atoms with Gasteiger partial charge in [0.05, 0.1) is 49.2 Å². The monoisotopic (exact) mass is 979 g/mol. The van der Waals surface area contributed by atoms with Crippen molar-refractivity contribution in [3.63, 3.8) is 0 Å². The van der Waals surface area contributed by atoms with E-state index >= 15 is 0 Å². The number of Topliss-reactive ketones (excluding diaryl/α,β-unsaturated/α-hetero) is 1. The molecule has 0 aliphatic heterocycles. The summed E-state index contributed by atoms with van der Waals surface area (Å²) in [6.45, 7) is 10.5. The molecule has 0 bridgehead atoms. The fourth-order valence-corrected chi connectivity index (χ4v) is 9.53. The molecule has 2 aliphatic carbocycles. The van der Waals surface area contributed by atoms with Gasteiger partial charge in [-0.1, -0.05) is 25.3 Å². The maximum Gasteiger partial charge on any atom is 0.330 e. The van der Waals surface area contributed by atoms with Crippen LogP contribution in [0.15, 0.2) is 86.0 Å². The highest BCUT2D eigenvalue weighted by Gasteiger charge is 2.34. The van der Waals surface area contributed by atoms with Crippen molar-refractivity contribution < 1.29 is 61.9 Å². The van der Waals surface area contributed by atoms with E-state index < -0.39 is 23.8 Å². The van der Waals surface area contributed by atoms with Gasteiger partial charge in [-0.05, 0) is 164 Å². The number of ketones is 1. The van der Waals surface area contributed by atoms with Crippen molar-refractivity contribution in [1.29, 1.82) is 0 Å². The molecule has 0 N–H and O–H groups in total. The van der Waals surface area contributed by atoms with E-state index in [2.05, 4.69) is 18.1 Å². The van der Waals surface area contributed by atoms with Gasteiger partial charge in [-0.25, -0.2) is 14.6 Å². The number of fused-ring (bicyclic) bond motifs is 1. The fraction of sp³-hybridized carbons (Fsp3) is 0.473. The number of carbonyl (C=O) groups excluding carboxylic acids is 6. The van der Waals surface area contributed by atoms with E-state index in [0.717, 1.165) is 79.8 Å². The zero-order chi connectivity index (χ0) is 49.7. The van der Waals surface area contributed by atoms with Gasteiger partial charge < -0.3 is 33.2 Å². The van der Waals surface area contributed by atoms with Crippen LogP contribution in [0, 0.1) is 30.6 Å². The number of carbonyl (C=O) groups is 6. The first-order valence-corrected chi connectivity index (χ1v) is 25.4. The highest BCUT2D eigenvalue weighted by atomic mass is 32.1. The van der Waals surface area contributed by atoms with Gasteiger partial charge in [0, 0.05) is 24.5 Å². The van der Waals surface area contributed by atoms with E-state index in [1.807, 2.05) is 31.2 Å². The van der Waals surface area contributed by atoms with E-state index in [-0.39, 0.29) is 41.2 Å². The molecule has 0 atom stereocenters. The second-order valence-electron chi connectivity index (χ2n) is 17.9. The zero-order valence-corrected chi connectivity index (χ0v) is 41.0. The van der Waals surface area contributed by atoms with Crippen molar-refractivity contribution in [3.05, 3.63) is 96.5 Å². The molecule has 2 aliphatic rings. The third kappa shape index (κ3) is 16.7. The molecule has 0 radical (unpaired) electrons. The summed E-state index contributed by atoms with van der Waals surface area (Å²) in [5, 5.41) is 0.723. The smallest absolute Gasteiger partial charge is 0.330 e. The summed E-state index contributed by atoms with van der Waals surface area (Å²) in [5.41, 5.74) is 1.37. The van der Waals surface area contributed by atoms with Crippen LogP contribution < -0.4 is 23.7 Å². The minimum absolute atomic E-state index is 0.123. The highest BCUT2D eigenvalue weighted by molar-refractivity contribution is 7.19. The number of esters is 5. The number of hydrogen-bond donors (Lipinski definition) is 0. The van der Waals surface area contributed by atoms with E-state index in [1.54, 1.807) is 36.4 Å². The molecule has 2 fully saturated rings. The number of benzene rings is 3. The molecule has 15 heteroatoms. The molecule has 70 heavy (non-hydrogen) atoms. The van der Waals surface area contributed by atoms with Crippen LogP contribution in [0.3, 0.4) is 0 Å². The Morgan fingerprint density at radius 1 is 0.529 bits per heavy atom. The summed E-state index contributed by atoms with van der Waals surface area (Å²) in [4.78, 5) is 80.1. The lowest BCUT2D eigenvalue weighted by Gasteiger charge is -2.26. The second-order valence-corrected chi connectivity index (χ2v) is 19.1. The second kappa shape index (κ2) is 27.7. The summed E-state index contributed by atoms with van der Waals surface area (Å²) in [6, 6.07) is 17.8. The van der Waals surface area contributed by atoms with Crippen molar-refractivity contribution in [3.8, 4) is 28.7 Å². The number of nitrogens with zero attached hydrogens (tertiary/aromatic N) is 1. The number of aryl methyl sites for hydroxylation is 1. The number of ether oxygens (including phenoxy) is 7. The maximum atomic E-state index is 13.5. The summed E-state index contributed by atoms with van der Waals surface area (Å²) < 4.78 is 39.8. The minimum atomic E-state index is -0.408. The third-order valence-electron chi connectivity index (χ3n) is 12.7. The molecule has 4 aromatic rings. The first kappa shape index (κ1) is 53.0. The van der Waals surface area contributed by atoms with Crippen molar-refractivity contribution in [2.45, 2.75) is 116 Å². The molecule has 14 nitrogen and oxygen atoms in total. The van der Waals surface area contributed by atoms with Crippen molar-refractivity contribution >= 4 is 57.2 Å². The largest absolute Gasteiger partial charge is 0.494 e. The van der Waals surface area contributed by atoms with Crippen LogP contribution in [0.5, 0.6) is 28.7 Å². The van der Waals surface area contributed by atoms with Crippen LogP contribution in [0.2, 0.25) is 0 Å². The molecule has 0 saturated heterocycles. The average Bonchev–Trinajstić information content (AvgIpc) is 3.79. The lowest BCUT2D eigenvalue weighted by atomic mass is 9.79. The van der Waals surface area contributed by atoms with Gasteiger partial charge in [0.2, 0.25) is 0 Å². The Morgan fingerprint density at radius 3 is 1.44 bits per heavy atom. The van der Waals surface area contributed by atoms with Gasteiger partial charge >= 0.3 is 29.8 Å². The summed E-state index contributed by atoms with van der Waals surface area (Å²) in [5.74, 6) is -0.433. The molecular weight excluding hydrogens is 915 g/mol. The lowest BCUT2D eigenvalue weighted by Crippen LogP contribution is -2.30. The van der Waals surface area contributed by atoms with Gasteiger partial charge in [-0.15, -0.1) is 11.3 Å². The predicted octanol–water partition coefficient (Wildman–Crippen LogP) is 10.8. The van der Waals surface area contributed by atoms with E-state index in [4.69, 9.17) is 33.2 Å². The van der Waals surface area contributed by atoms with E-state index in [0.29, 0.717) is 112 Å². The van der Waals surface area contributed by atoms with Crippen molar-refractivity contribution in [2.24, 2.45) is 23.7 Å². The Labute approximate surface area is 414 Å². The van der Waals surface area contributed by atoms with E-state index in [1.165, 1.54) is 11.3 Å². The number of hydrogen-bond acceptors (Lipinski definition) is 15. The zero-order valence-electron chi connectivity index (χ0n) is 40.2. The summed E-state index contributed by atoms with van der Waals surface area (Å²) in [7, 11) is 0. The molecule has 3 aromatic carbocycles. The van der Waals surface area contributed by atoms with Crippen LogP contribution in [-0.4, -0.2) is 67.0 Å². The number of unbranched alkanes of at least 4 members (excludes halogenated alkanes) is 6. The number of rotatable bonds is 27.